The number of nitrogens with zero attached hydrogens (tertiary/aromatic N) is 4. The van der Waals surface area contributed by atoms with E-state index in [2.05, 4.69) is 9.72 Å². The fourth-order valence-electron chi connectivity index (χ4n) is 6.34. The highest BCUT2D eigenvalue weighted by atomic mass is 19.2. The number of aliphatic hydroxyl groups is 1. The van der Waals surface area contributed by atoms with E-state index in [9.17, 15) is 18.7 Å². The van der Waals surface area contributed by atoms with Crippen LogP contribution in [0.25, 0.3) is 22.2 Å². The number of halogens is 2. The molecular formula is C30H32F2N4O3. The van der Waals surface area contributed by atoms with Crippen LogP contribution in [0.4, 0.5) is 14.5 Å². The fourth-order valence-corrected chi connectivity index (χ4v) is 6.34. The van der Waals surface area contributed by atoms with E-state index >= 15 is 0 Å². The third kappa shape index (κ3) is 4.52. The first kappa shape index (κ1) is 25.7. The van der Waals surface area contributed by atoms with Crippen molar-refractivity contribution in [2.75, 3.05) is 4.90 Å². The number of hydrogen-bond acceptors (Lipinski definition) is 5. The van der Waals surface area contributed by atoms with Crippen molar-refractivity contribution in [3.05, 3.63) is 65.3 Å². The molecule has 2 aliphatic rings. The predicted octanol–water partition coefficient (Wildman–Crippen LogP) is 6.71. The van der Waals surface area contributed by atoms with Gasteiger partial charge < -0.3 is 19.1 Å². The molecule has 0 radical (unpaired) electrons. The molecule has 4 aromatic rings. The number of anilines is 1. The molecule has 1 saturated heterocycles. The first-order valence-electron chi connectivity index (χ1n) is 13.6. The van der Waals surface area contributed by atoms with Crippen LogP contribution in [0.1, 0.15) is 81.2 Å². The molecule has 1 aliphatic heterocycles. The van der Waals surface area contributed by atoms with Gasteiger partial charge in [-0.1, -0.05) is 11.2 Å². The largest absolute Gasteiger partial charge is 0.390 e. The molecule has 1 N–H and O–H groups in total. The number of aromatic nitrogens is 3. The standard InChI is InChI=1S/C30H32F2N4O3/c1-17-28(18(2)39-34-17)19-7-10-25-24(15-19)33-29(36(25)20-11-13-30(3,38)14-12-20)26-5-4-6-27(37)35(26)21-8-9-22(31)23(32)16-21/h7-10,15-16,20,26,38H,4-6,11-14H2,1-3H3/t20-,26-,30-/m0/s1. The molecule has 1 saturated carbocycles. The van der Waals surface area contributed by atoms with Crippen LogP contribution in [-0.2, 0) is 4.79 Å². The van der Waals surface area contributed by atoms with Gasteiger partial charge in [-0.15, -0.1) is 0 Å². The molecule has 204 valence electrons. The van der Waals surface area contributed by atoms with Crippen molar-refractivity contribution in [1.82, 2.24) is 14.7 Å². The molecule has 6 rings (SSSR count). The lowest BCUT2D eigenvalue weighted by Crippen LogP contribution is -2.40. The summed E-state index contributed by atoms with van der Waals surface area (Å²) in [7, 11) is 0. The summed E-state index contributed by atoms with van der Waals surface area (Å²) in [6, 6.07) is 9.36. The van der Waals surface area contributed by atoms with Crippen LogP contribution in [0.5, 0.6) is 0 Å². The SMILES string of the molecule is Cc1noc(C)c1-c1ccc2c(c1)nc([C@@H]1CCCC(=O)N1c1ccc(F)c(F)c1)n2[C@H]1CC[C@](C)(O)CC1. The number of imidazole rings is 1. The molecule has 0 bridgehead atoms. The highest BCUT2D eigenvalue weighted by Crippen LogP contribution is 2.43. The number of amides is 1. The second kappa shape index (κ2) is 9.55. The van der Waals surface area contributed by atoms with Crippen molar-refractivity contribution < 1.29 is 23.2 Å². The minimum absolute atomic E-state index is 0.0824. The number of piperidine rings is 1. The maximum atomic E-state index is 14.3. The highest BCUT2D eigenvalue weighted by molar-refractivity contribution is 5.95. The maximum Gasteiger partial charge on any atom is 0.227 e. The maximum absolute atomic E-state index is 14.3. The van der Waals surface area contributed by atoms with Crippen LogP contribution in [0.3, 0.4) is 0 Å². The van der Waals surface area contributed by atoms with Crippen LogP contribution < -0.4 is 4.90 Å². The molecule has 0 spiro atoms. The lowest BCUT2D eigenvalue weighted by molar-refractivity contribution is -0.120. The number of carbonyl (C=O) groups excluding carboxylic acids is 1. The lowest BCUT2D eigenvalue weighted by Gasteiger charge is -2.38. The van der Waals surface area contributed by atoms with E-state index in [-0.39, 0.29) is 11.9 Å². The van der Waals surface area contributed by atoms with Crippen molar-refractivity contribution in [2.45, 2.75) is 83.4 Å². The number of fused-ring (bicyclic) bond motifs is 1. The Hall–Kier alpha value is -3.59. The average Bonchev–Trinajstić information content (AvgIpc) is 3.44. The van der Waals surface area contributed by atoms with E-state index in [0.29, 0.717) is 37.8 Å². The van der Waals surface area contributed by atoms with E-state index in [4.69, 9.17) is 9.51 Å². The highest BCUT2D eigenvalue weighted by Gasteiger charge is 2.38. The van der Waals surface area contributed by atoms with E-state index in [1.807, 2.05) is 39.0 Å². The molecule has 0 unspecified atom stereocenters. The lowest BCUT2D eigenvalue weighted by atomic mass is 9.83. The van der Waals surface area contributed by atoms with Crippen molar-refractivity contribution in [1.29, 1.82) is 0 Å². The molecule has 2 aromatic carbocycles. The Balaban J connectivity index is 1.51. The Bertz CT molecular complexity index is 1540. The molecule has 2 aromatic heterocycles. The summed E-state index contributed by atoms with van der Waals surface area (Å²) in [6.07, 6.45) is 4.50. The summed E-state index contributed by atoms with van der Waals surface area (Å²) < 4.78 is 35.7. The number of aryl methyl sites for hydroxylation is 2. The Morgan fingerprint density at radius 1 is 1.05 bits per heavy atom. The Morgan fingerprint density at radius 2 is 1.82 bits per heavy atom. The molecule has 3 heterocycles. The third-order valence-electron chi connectivity index (χ3n) is 8.36. The molecule has 1 atom stereocenters. The summed E-state index contributed by atoms with van der Waals surface area (Å²) in [5.74, 6) is -0.627. The van der Waals surface area contributed by atoms with E-state index in [0.717, 1.165) is 64.4 Å². The van der Waals surface area contributed by atoms with Crippen LogP contribution >= 0.6 is 0 Å². The summed E-state index contributed by atoms with van der Waals surface area (Å²) in [5, 5.41) is 14.7. The van der Waals surface area contributed by atoms with Gasteiger partial charge in [0.05, 0.1) is 28.4 Å². The van der Waals surface area contributed by atoms with Crippen LogP contribution in [-0.4, -0.2) is 31.3 Å². The average molecular weight is 535 g/mol. The molecule has 9 heteroatoms. The molecule has 1 aliphatic carbocycles. The normalized spacial score (nSPS) is 24.1. The number of carbonyl (C=O) groups is 1. The first-order valence-corrected chi connectivity index (χ1v) is 13.6. The number of benzene rings is 2. The van der Waals surface area contributed by atoms with E-state index in [1.54, 1.807) is 4.90 Å². The molecule has 7 nitrogen and oxygen atoms in total. The number of rotatable bonds is 4. The van der Waals surface area contributed by atoms with Gasteiger partial charge in [0.15, 0.2) is 11.6 Å². The second-order valence-electron chi connectivity index (χ2n) is 11.2. The molecule has 39 heavy (non-hydrogen) atoms. The van der Waals surface area contributed by atoms with Gasteiger partial charge in [0, 0.05) is 29.8 Å². The molecular weight excluding hydrogens is 502 g/mol. The topological polar surface area (TPSA) is 84.4 Å². The van der Waals surface area contributed by atoms with E-state index in [1.165, 1.54) is 6.07 Å². The quantitative estimate of drug-likeness (QED) is 0.315. The minimum atomic E-state index is -0.989. The van der Waals surface area contributed by atoms with Crippen molar-refractivity contribution in [3.8, 4) is 11.1 Å². The van der Waals surface area contributed by atoms with Crippen molar-refractivity contribution in [3.63, 3.8) is 0 Å². The third-order valence-corrected chi connectivity index (χ3v) is 8.36. The van der Waals surface area contributed by atoms with Crippen molar-refractivity contribution >= 4 is 22.6 Å². The predicted molar refractivity (Wildman–Crippen MR) is 143 cm³/mol. The molecule has 2 fully saturated rings. The van der Waals surface area contributed by atoms with Crippen LogP contribution in [0.2, 0.25) is 0 Å². The molecule has 1 amide bonds. The van der Waals surface area contributed by atoms with Gasteiger partial charge in [-0.05, 0) is 89.1 Å². The van der Waals surface area contributed by atoms with Gasteiger partial charge in [0.25, 0.3) is 0 Å². The Kier molecular flexibility index (Phi) is 6.29. The van der Waals surface area contributed by atoms with Gasteiger partial charge in [0.1, 0.15) is 11.6 Å². The first-order chi connectivity index (χ1) is 18.6. The number of hydrogen-bond donors (Lipinski definition) is 1. The fraction of sp³-hybridized carbons (Fsp3) is 0.433. The van der Waals surface area contributed by atoms with E-state index < -0.39 is 23.3 Å². The van der Waals surface area contributed by atoms with Gasteiger partial charge in [-0.3, -0.25) is 4.79 Å². The van der Waals surface area contributed by atoms with Crippen molar-refractivity contribution in [2.24, 2.45) is 0 Å². The zero-order valence-electron chi connectivity index (χ0n) is 22.4. The summed E-state index contributed by atoms with van der Waals surface area (Å²) >= 11 is 0. The van der Waals surface area contributed by atoms with Gasteiger partial charge in [-0.25, -0.2) is 13.8 Å². The smallest absolute Gasteiger partial charge is 0.227 e. The van der Waals surface area contributed by atoms with Crippen LogP contribution in [0, 0.1) is 25.5 Å². The second-order valence-corrected chi connectivity index (χ2v) is 11.2. The Labute approximate surface area is 225 Å². The van der Waals surface area contributed by atoms with Gasteiger partial charge in [-0.2, -0.15) is 0 Å². The Morgan fingerprint density at radius 3 is 2.51 bits per heavy atom. The summed E-state index contributed by atoms with van der Waals surface area (Å²) in [5.41, 5.74) is 4.01. The summed E-state index contributed by atoms with van der Waals surface area (Å²) in [4.78, 5) is 20.0. The minimum Gasteiger partial charge on any atom is -0.390 e. The monoisotopic (exact) mass is 534 g/mol. The van der Waals surface area contributed by atoms with Crippen LogP contribution in [0.15, 0.2) is 40.9 Å². The zero-order chi connectivity index (χ0) is 27.5. The van der Waals surface area contributed by atoms with Gasteiger partial charge in [0.2, 0.25) is 5.91 Å². The van der Waals surface area contributed by atoms with Gasteiger partial charge >= 0.3 is 0 Å². The summed E-state index contributed by atoms with van der Waals surface area (Å²) in [6.45, 7) is 5.66. The zero-order valence-corrected chi connectivity index (χ0v) is 22.4.